The summed E-state index contributed by atoms with van der Waals surface area (Å²) in [5, 5.41) is 5.33. The first-order valence-electron chi connectivity index (χ1n) is 6.69. The van der Waals surface area contributed by atoms with Gasteiger partial charge in [0.2, 0.25) is 0 Å². The van der Waals surface area contributed by atoms with Gasteiger partial charge >= 0.3 is 6.18 Å². The van der Waals surface area contributed by atoms with Gasteiger partial charge in [0.05, 0.1) is 18.2 Å². The van der Waals surface area contributed by atoms with Gasteiger partial charge in [-0.25, -0.2) is 0 Å². The number of amides is 1. The Morgan fingerprint density at radius 2 is 1.83 bits per heavy atom. The average Bonchev–Trinajstić information content (AvgIpc) is 2.53. The maximum atomic E-state index is 12.7. The van der Waals surface area contributed by atoms with Crippen molar-refractivity contribution in [3.63, 3.8) is 0 Å². The third-order valence-corrected chi connectivity index (χ3v) is 3.18. The maximum Gasteiger partial charge on any atom is 0.416 e. The van der Waals surface area contributed by atoms with E-state index in [4.69, 9.17) is 4.74 Å². The largest absolute Gasteiger partial charge is 0.496 e. The highest BCUT2D eigenvalue weighted by Crippen LogP contribution is 2.31. The average molecular weight is 324 g/mol. The van der Waals surface area contributed by atoms with Crippen molar-refractivity contribution >= 4 is 17.3 Å². The van der Waals surface area contributed by atoms with Crippen LogP contribution in [0.4, 0.5) is 24.5 Å². The third kappa shape index (κ3) is 3.94. The zero-order valence-electron chi connectivity index (χ0n) is 12.5. The number of carbonyl (C=O) groups excluding carboxylic acids is 1. The first-order valence-corrected chi connectivity index (χ1v) is 6.69. The van der Waals surface area contributed by atoms with E-state index in [2.05, 4.69) is 10.6 Å². The fraction of sp³-hybridized carbons (Fsp3) is 0.188. The van der Waals surface area contributed by atoms with Gasteiger partial charge in [0.1, 0.15) is 5.75 Å². The summed E-state index contributed by atoms with van der Waals surface area (Å²) in [6.45, 7) is 0. The Morgan fingerprint density at radius 3 is 2.43 bits per heavy atom. The van der Waals surface area contributed by atoms with E-state index in [1.54, 1.807) is 25.2 Å². The molecule has 2 rings (SSSR count). The van der Waals surface area contributed by atoms with Gasteiger partial charge in [0.25, 0.3) is 5.91 Å². The van der Waals surface area contributed by atoms with Crippen LogP contribution in [0.3, 0.4) is 0 Å². The second kappa shape index (κ2) is 6.60. The van der Waals surface area contributed by atoms with Crippen LogP contribution in [0.2, 0.25) is 0 Å². The van der Waals surface area contributed by atoms with Crippen LogP contribution in [0.1, 0.15) is 15.9 Å². The molecule has 0 aliphatic heterocycles. The van der Waals surface area contributed by atoms with Gasteiger partial charge in [-0.1, -0.05) is 6.07 Å². The van der Waals surface area contributed by atoms with E-state index >= 15 is 0 Å². The van der Waals surface area contributed by atoms with E-state index in [0.29, 0.717) is 11.4 Å². The van der Waals surface area contributed by atoms with Gasteiger partial charge < -0.3 is 15.4 Å². The number of hydrogen-bond acceptors (Lipinski definition) is 3. The SMILES string of the molecule is CNc1ccc(OC)c(C(=O)Nc2cccc(C(F)(F)F)c2)c1. The second-order valence-corrected chi connectivity index (χ2v) is 4.70. The molecule has 4 nitrogen and oxygen atoms in total. The molecule has 122 valence electrons. The smallest absolute Gasteiger partial charge is 0.416 e. The number of alkyl halides is 3. The molecule has 0 unspecified atom stereocenters. The van der Waals surface area contributed by atoms with Gasteiger partial charge in [-0.3, -0.25) is 4.79 Å². The minimum atomic E-state index is -4.47. The normalized spacial score (nSPS) is 11.0. The van der Waals surface area contributed by atoms with Gasteiger partial charge in [0.15, 0.2) is 0 Å². The zero-order chi connectivity index (χ0) is 17.0. The molecule has 0 radical (unpaired) electrons. The third-order valence-electron chi connectivity index (χ3n) is 3.18. The Hall–Kier alpha value is -2.70. The molecule has 0 aliphatic rings. The lowest BCUT2D eigenvalue weighted by Gasteiger charge is -2.12. The Balaban J connectivity index is 2.29. The summed E-state index contributed by atoms with van der Waals surface area (Å²) in [7, 11) is 3.10. The minimum absolute atomic E-state index is 0.0572. The second-order valence-electron chi connectivity index (χ2n) is 4.70. The lowest BCUT2D eigenvalue weighted by Crippen LogP contribution is -2.14. The molecule has 0 heterocycles. The topological polar surface area (TPSA) is 50.4 Å². The molecule has 2 N–H and O–H groups in total. The van der Waals surface area contributed by atoms with Crippen molar-refractivity contribution in [1.29, 1.82) is 0 Å². The molecular formula is C16H15F3N2O2. The summed E-state index contributed by atoms with van der Waals surface area (Å²) in [4.78, 5) is 12.3. The number of methoxy groups -OCH3 is 1. The molecule has 0 spiro atoms. The van der Waals surface area contributed by atoms with Crippen molar-refractivity contribution < 1.29 is 22.7 Å². The van der Waals surface area contributed by atoms with Crippen LogP contribution in [-0.2, 0) is 6.18 Å². The van der Waals surface area contributed by atoms with Crippen molar-refractivity contribution in [3.8, 4) is 5.75 Å². The van der Waals surface area contributed by atoms with Crippen molar-refractivity contribution in [3.05, 3.63) is 53.6 Å². The number of nitrogens with one attached hydrogen (secondary N) is 2. The van der Waals surface area contributed by atoms with Crippen LogP contribution in [-0.4, -0.2) is 20.1 Å². The summed E-state index contributed by atoms with van der Waals surface area (Å²) >= 11 is 0. The van der Waals surface area contributed by atoms with Crippen LogP contribution in [0.15, 0.2) is 42.5 Å². The molecule has 2 aromatic rings. The Morgan fingerprint density at radius 1 is 1.09 bits per heavy atom. The molecule has 23 heavy (non-hydrogen) atoms. The van der Waals surface area contributed by atoms with Gasteiger partial charge in [-0.2, -0.15) is 13.2 Å². The van der Waals surface area contributed by atoms with Crippen molar-refractivity contribution in [2.24, 2.45) is 0 Å². The molecule has 0 bridgehead atoms. The number of rotatable bonds is 4. The Labute approximate surface area is 131 Å². The monoisotopic (exact) mass is 324 g/mol. The summed E-state index contributed by atoms with van der Waals surface area (Å²) in [5.41, 5.74) is 0.129. The van der Waals surface area contributed by atoms with Crippen LogP contribution in [0.5, 0.6) is 5.75 Å². The predicted molar refractivity (Wildman–Crippen MR) is 81.9 cm³/mol. The van der Waals surface area contributed by atoms with Gasteiger partial charge in [0, 0.05) is 18.4 Å². The molecular weight excluding hydrogens is 309 g/mol. The van der Waals surface area contributed by atoms with E-state index in [0.717, 1.165) is 12.1 Å². The van der Waals surface area contributed by atoms with Gasteiger partial charge in [-0.05, 0) is 36.4 Å². The van der Waals surface area contributed by atoms with Crippen molar-refractivity contribution in [2.45, 2.75) is 6.18 Å². The number of halogens is 3. The molecule has 7 heteroatoms. The zero-order valence-corrected chi connectivity index (χ0v) is 12.5. The van der Waals surface area contributed by atoms with E-state index in [1.165, 1.54) is 19.2 Å². The van der Waals surface area contributed by atoms with Crippen LogP contribution >= 0.6 is 0 Å². The van der Waals surface area contributed by atoms with Crippen LogP contribution < -0.4 is 15.4 Å². The molecule has 0 saturated carbocycles. The minimum Gasteiger partial charge on any atom is -0.496 e. The van der Waals surface area contributed by atoms with Crippen LogP contribution in [0, 0.1) is 0 Å². The molecule has 2 aromatic carbocycles. The quantitative estimate of drug-likeness (QED) is 0.893. The molecule has 0 aromatic heterocycles. The molecule has 0 atom stereocenters. The maximum absolute atomic E-state index is 12.7. The number of anilines is 2. The summed E-state index contributed by atoms with van der Waals surface area (Å²) in [6, 6.07) is 9.33. The van der Waals surface area contributed by atoms with E-state index in [9.17, 15) is 18.0 Å². The standard InChI is InChI=1S/C16H15F3N2O2/c1-20-11-6-7-14(23-2)13(9-11)15(22)21-12-5-3-4-10(8-12)16(17,18)19/h3-9,20H,1-2H3,(H,21,22). The van der Waals surface area contributed by atoms with E-state index < -0.39 is 17.6 Å². The van der Waals surface area contributed by atoms with E-state index in [1.807, 2.05) is 0 Å². The highest BCUT2D eigenvalue weighted by molar-refractivity contribution is 6.06. The van der Waals surface area contributed by atoms with E-state index in [-0.39, 0.29) is 11.3 Å². The fourth-order valence-electron chi connectivity index (χ4n) is 2.01. The number of benzene rings is 2. The molecule has 0 saturated heterocycles. The molecule has 0 fully saturated rings. The van der Waals surface area contributed by atoms with Crippen LogP contribution in [0.25, 0.3) is 0 Å². The predicted octanol–water partition coefficient (Wildman–Crippen LogP) is 4.01. The molecule has 1 amide bonds. The summed E-state index contributed by atoms with van der Waals surface area (Å²) in [5.74, 6) is -0.230. The van der Waals surface area contributed by atoms with Crippen molar-refractivity contribution in [2.75, 3.05) is 24.8 Å². The Kier molecular flexibility index (Phi) is 4.78. The number of hydrogen-bond donors (Lipinski definition) is 2. The highest BCUT2D eigenvalue weighted by atomic mass is 19.4. The van der Waals surface area contributed by atoms with Crippen molar-refractivity contribution in [1.82, 2.24) is 0 Å². The molecule has 0 aliphatic carbocycles. The lowest BCUT2D eigenvalue weighted by molar-refractivity contribution is -0.137. The summed E-state index contributed by atoms with van der Waals surface area (Å²) < 4.78 is 43.2. The Bertz CT molecular complexity index is 715. The first kappa shape index (κ1) is 16.7. The number of carbonyl (C=O) groups is 1. The highest BCUT2D eigenvalue weighted by Gasteiger charge is 2.30. The summed E-state index contributed by atoms with van der Waals surface area (Å²) in [6.07, 6.45) is -4.47. The number of ether oxygens (including phenoxy) is 1. The first-order chi connectivity index (χ1) is 10.8. The lowest BCUT2D eigenvalue weighted by atomic mass is 10.1. The van der Waals surface area contributed by atoms with Gasteiger partial charge in [-0.15, -0.1) is 0 Å². The fourth-order valence-corrected chi connectivity index (χ4v) is 2.01.